The van der Waals surface area contributed by atoms with Crippen molar-refractivity contribution < 1.29 is 13.9 Å². The summed E-state index contributed by atoms with van der Waals surface area (Å²) in [6, 6.07) is 6.31. The Bertz CT molecular complexity index is 387. The molecule has 0 unspecified atom stereocenters. The molecular weight excluding hydrogens is 274 g/mol. The lowest BCUT2D eigenvalue weighted by atomic mass is 10.0. The number of nitrogens with zero attached hydrogens (tertiary/aromatic N) is 1. The lowest BCUT2D eigenvalue weighted by Gasteiger charge is -2.35. The molecule has 1 aliphatic heterocycles. The average Bonchev–Trinajstić information content (AvgIpc) is 2.37. The van der Waals surface area contributed by atoms with Gasteiger partial charge in [-0.1, -0.05) is 12.1 Å². The van der Waals surface area contributed by atoms with Crippen LogP contribution in [0.4, 0.5) is 8.78 Å². The summed E-state index contributed by atoms with van der Waals surface area (Å²) in [6.45, 7) is 3.15. The SMILES string of the molecule is Cl.Oc1cccc([C@@H](CC(F)F)N2CCNCC2)c1. The summed E-state index contributed by atoms with van der Waals surface area (Å²) in [5.74, 6) is 0.127. The monoisotopic (exact) mass is 292 g/mol. The molecule has 0 aliphatic carbocycles. The summed E-state index contributed by atoms with van der Waals surface area (Å²) in [5.41, 5.74) is 0.761. The molecule has 0 spiro atoms. The van der Waals surface area contributed by atoms with Crippen molar-refractivity contribution in [1.82, 2.24) is 10.2 Å². The number of nitrogens with one attached hydrogen (secondary N) is 1. The van der Waals surface area contributed by atoms with Gasteiger partial charge in [-0.3, -0.25) is 4.90 Å². The Morgan fingerprint density at radius 3 is 2.53 bits per heavy atom. The first-order valence-electron chi connectivity index (χ1n) is 6.18. The zero-order valence-electron chi connectivity index (χ0n) is 10.6. The van der Waals surface area contributed by atoms with E-state index < -0.39 is 6.43 Å². The summed E-state index contributed by atoms with van der Waals surface area (Å²) in [5, 5.41) is 12.7. The first kappa shape index (κ1) is 16.1. The molecule has 108 valence electrons. The highest BCUT2D eigenvalue weighted by Crippen LogP contribution is 2.29. The molecule has 1 aliphatic rings. The molecule has 19 heavy (non-hydrogen) atoms. The maximum Gasteiger partial charge on any atom is 0.240 e. The van der Waals surface area contributed by atoms with Crippen molar-refractivity contribution in [3.8, 4) is 5.75 Å². The van der Waals surface area contributed by atoms with Crippen molar-refractivity contribution in [3.63, 3.8) is 0 Å². The van der Waals surface area contributed by atoms with Gasteiger partial charge < -0.3 is 10.4 Å². The van der Waals surface area contributed by atoms with Crippen LogP contribution in [-0.4, -0.2) is 42.6 Å². The molecular formula is C13H19ClF2N2O. The van der Waals surface area contributed by atoms with Crippen LogP contribution in [-0.2, 0) is 0 Å². The quantitative estimate of drug-likeness (QED) is 0.895. The van der Waals surface area contributed by atoms with E-state index in [9.17, 15) is 13.9 Å². The molecule has 2 N–H and O–H groups in total. The van der Waals surface area contributed by atoms with Gasteiger partial charge in [0.15, 0.2) is 0 Å². The van der Waals surface area contributed by atoms with Gasteiger partial charge >= 0.3 is 0 Å². The van der Waals surface area contributed by atoms with Crippen molar-refractivity contribution in [3.05, 3.63) is 29.8 Å². The highest BCUT2D eigenvalue weighted by molar-refractivity contribution is 5.85. The molecule has 1 saturated heterocycles. The number of benzene rings is 1. The van der Waals surface area contributed by atoms with Crippen molar-refractivity contribution in [2.75, 3.05) is 26.2 Å². The number of alkyl halides is 2. The summed E-state index contributed by atoms with van der Waals surface area (Å²) in [7, 11) is 0. The third-order valence-electron chi connectivity index (χ3n) is 3.25. The zero-order chi connectivity index (χ0) is 13.0. The molecule has 2 rings (SSSR count). The predicted octanol–water partition coefficient (Wildman–Crippen LogP) is 2.42. The van der Waals surface area contributed by atoms with Gasteiger partial charge in [0.05, 0.1) is 0 Å². The van der Waals surface area contributed by atoms with Crippen LogP contribution in [0.5, 0.6) is 5.75 Å². The van der Waals surface area contributed by atoms with Gasteiger partial charge in [-0.25, -0.2) is 8.78 Å². The fourth-order valence-electron chi connectivity index (χ4n) is 2.39. The summed E-state index contributed by atoms with van der Waals surface area (Å²) in [4.78, 5) is 2.05. The molecule has 1 atom stereocenters. The van der Waals surface area contributed by atoms with Gasteiger partial charge in [-0.05, 0) is 17.7 Å². The van der Waals surface area contributed by atoms with E-state index in [1.54, 1.807) is 24.3 Å². The fourth-order valence-corrected chi connectivity index (χ4v) is 2.39. The second-order valence-corrected chi connectivity index (χ2v) is 4.52. The van der Waals surface area contributed by atoms with E-state index in [4.69, 9.17) is 0 Å². The van der Waals surface area contributed by atoms with E-state index in [1.807, 2.05) is 0 Å². The molecule has 1 aromatic carbocycles. The van der Waals surface area contributed by atoms with Gasteiger partial charge in [-0.15, -0.1) is 12.4 Å². The Hall–Kier alpha value is -0.910. The van der Waals surface area contributed by atoms with Gasteiger partial charge in [0.2, 0.25) is 6.43 Å². The lowest BCUT2D eigenvalue weighted by molar-refractivity contribution is 0.0738. The molecule has 0 amide bonds. The number of rotatable bonds is 4. The molecule has 1 aromatic rings. The maximum atomic E-state index is 12.7. The zero-order valence-corrected chi connectivity index (χ0v) is 11.4. The number of hydrogen-bond donors (Lipinski definition) is 2. The van der Waals surface area contributed by atoms with Crippen molar-refractivity contribution in [2.24, 2.45) is 0 Å². The van der Waals surface area contributed by atoms with E-state index in [1.165, 1.54) is 0 Å². The second kappa shape index (κ2) is 7.62. The highest BCUT2D eigenvalue weighted by atomic mass is 35.5. The Labute approximate surface area is 118 Å². The Morgan fingerprint density at radius 2 is 1.95 bits per heavy atom. The largest absolute Gasteiger partial charge is 0.508 e. The number of hydrogen-bond acceptors (Lipinski definition) is 3. The number of halogens is 3. The van der Waals surface area contributed by atoms with Gasteiger partial charge in [0.1, 0.15) is 5.75 Å². The topological polar surface area (TPSA) is 35.5 Å². The first-order valence-corrected chi connectivity index (χ1v) is 6.18. The molecule has 6 heteroatoms. The molecule has 0 aromatic heterocycles. The maximum absolute atomic E-state index is 12.7. The molecule has 1 fully saturated rings. The van der Waals surface area contributed by atoms with Crippen LogP contribution >= 0.6 is 12.4 Å². The van der Waals surface area contributed by atoms with Crippen molar-refractivity contribution >= 4 is 12.4 Å². The van der Waals surface area contributed by atoms with Crippen molar-refractivity contribution in [1.29, 1.82) is 0 Å². The van der Waals surface area contributed by atoms with Crippen LogP contribution in [0.3, 0.4) is 0 Å². The second-order valence-electron chi connectivity index (χ2n) is 4.52. The van der Waals surface area contributed by atoms with E-state index in [2.05, 4.69) is 10.2 Å². The number of phenols is 1. The molecule has 1 heterocycles. The van der Waals surface area contributed by atoms with Crippen LogP contribution in [0.15, 0.2) is 24.3 Å². The minimum absolute atomic E-state index is 0. The summed E-state index contributed by atoms with van der Waals surface area (Å²) < 4.78 is 25.4. The highest BCUT2D eigenvalue weighted by Gasteiger charge is 2.25. The average molecular weight is 293 g/mol. The van der Waals surface area contributed by atoms with Crippen LogP contribution in [0, 0.1) is 0 Å². The summed E-state index contributed by atoms with van der Waals surface area (Å²) in [6.07, 6.45) is -2.53. The van der Waals surface area contributed by atoms with Gasteiger partial charge in [0, 0.05) is 38.6 Å². The van der Waals surface area contributed by atoms with Crippen LogP contribution < -0.4 is 5.32 Å². The van der Waals surface area contributed by atoms with E-state index in [-0.39, 0.29) is 30.6 Å². The third kappa shape index (κ3) is 4.60. The van der Waals surface area contributed by atoms with E-state index in [0.717, 1.165) is 31.7 Å². The third-order valence-corrected chi connectivity index (χ3v) is 3.25. The Balaban J connectivity index is 0.00000180. The molecule has 3 nitrogen and oxygen atoms in total. The smallest absolute Gasteiger partial charge is 0.240 e. The van der Waals surface area contributed by atoms with Crippen molar-refractivity contribution in [2.45, 2.75) is 18.9 Å². The van der Waals surface area contributed by atoms with Crippen LogP contribution in [0.25, 0.3) is 0 Å². The Morgan fingerprint density at radius 1 is 1.26 bits per heavy atom. The van der Waals surface area contributed by atoms with Crippen LogP contribution in [0.1, 0.15) is 18.0 Å². The normalized spacial score (nSPS) is 18.1. The van der Waals surface area contributed by atoms with Crippen LogP contribution in [0.2, 0.25) is 0 Å². The number of piperazine rings is 1. The number of phenolic OH excluding ortho intramolecular Hbond substituents is 1. The number of aromatic hydroxyl groups is 1. The minimum Gasteiger partial charge on any atom is -0.508 e. The fraction of sp³-hybridized carbons (Fsp3) is 0.538. The standard InChI is InChI=1S/C13H18F2N2O.ClH/c14-13(15)9-12(17-6-4-16-5-7-17)10-2-1-3-11(18)8-10;/h1-3,8,12-13,16,18H,4-7,9H2;1H/t12-;/m1./s1. The Kier molecular flexibility index (Phi) is 6.48. The molecule has 0 radical (unpaired) electrons. The van der Waals surface area contributed by atoms with Gasteiger partial charge in [0.25, 0.3) is 0 Å². The first-order chi connectivity index (χ1) is 8.66. The van der Waals surface area contributed by atoms with E-state index >= 15 is 0 Å². The lowest BCUT2D eigenvalue weighted by Crippen LogP contribution is -2.45. The molecule has 0 bridgehead atoms. The minimum atomic E-state index is -2.34. The van der Waals surface area contributed by atoms with Gasteiger partial charge in [-0.2, -0.15) is 0 Å². The predicted molar refractivity (Wildman–Crippen MR) is 73.2 cm³/mol. The summed E-state index contributed by atoms with van der Waals surface area (Å²) >= 11 is 0. The molecule has 0 saturated carbocycles. The van der Waals surface area contributed by atoms with E-state index in [0.29, 0.717) is 0 Å².